The fourth-order valence-corrected chi connectivity index (χ4v) is 3.12. The van der Waals surface area contributed by atoms with Gasteiger partial charge in [-0.05, 0) is 18.6 Å². The van der Waals surface area contributed by atoms with Gasteiger partial charge in [-0.3, -0.25) is 0 Å². The molecule has 0 aromatic heterocycles. The molecule has 0 bridgehead atoms. The Kier molecular flexibility index (Phi) is 4.69. The summed E-state index contributed by atoms with van der Waals surface area (Å²) in [4.78, 5) is 12.0. The lowest BCUT2D eigenvalue weighted by molar-refractivity contribution is -0.103. The van der Waals surface area contributed by atoms with Crippen LogP contribution in [-0.2, 0) is 9.47 Å². The van der Waals surface area contributed by atoms with E-state index in [-0.39, 0.29) is 18.0 Å². The van der Waals surface area contributed by atoms with Crippen molar-refractivity contribution >= 4 is 37.8 Å². The Balaban J connectivity index is 2.09. The molecule has 0 N–H and O–H groups in total. The first-order valence-electron chi connectivity index (χ1n) is 6.26. The van der Waals surface area contributed by atoms with E-state index in [0.717, 1.165) is 6.42 Å². The summed E-state index contributed by atoms with van der Waals surface area (Å²) in [5.74, 6) is -0.177. The zero-order chi connectivity index (χ0) is 14.0. The molecule has 5 heteroatoms. The predicted molar refractivity (Wildman–Crippen MR) is 80.6 cm³/mol. The SMILES string of the molecule is CC[C@H]1OC(OC(=O)c2ccccc2)C(Br)(Br)[C@@H]1C. The van der Waals surface area contributed by atoms with Crippen molar-refractivity contribution in [2.45, 2.75) is 35.9 Å². The molecule has 0 radical (unpaired) electrons. The lowest BCUT2D eigenvalue weighted by Crippen LogP contribution is -2.34. The minimum Gasteiger partial charge on any atom is -0.430 e. The molecule has 3 nitrogen and oxygen atoms in total. The average molecular weight is 392 g/mol. The van der Waals surface area contributed by atoms with Crippen LogP contribution in [0.25, 0.3) is 0 Å². The first-order valence-corrected chi connectivity index (χ1v) is 7.84. The van der Waals surface area contributed by atoms with Gasteiger partial charge in [0.1, 0.15) is 3.23 Å². The third-order valence-electron chi connectivity index (χ3n) is 3.40. The van der Waals surface area contributed by atoms with E-state index in [1.54, 1.807) is 24.3 Å². The number of esters is 1. The summed E-state index contributed by atoms with van der Waals surface area (Å²) in [6.07, 6.45) is 0.298. The molecular formula is C14H16Br2O3. The average Bonchev–Trinajstić information content (AvgIpc) is 2.63. The highest BCUT2D eigenvalue weighted by molar-refractivity contribution is 9.25. The van der Waals surface area contributed by atoms with E-state index >= 15 is 0 Å². The molecule has 1 heterocycles. The van der Waals surface area contributed by atoms with Crippen LogP contribution in [0.3, 0.4) is 0 Å². The van der Waals surface area contributed by atoms with Crippen molar-refractivity contribution in [2.75, 3.05) is 0 Å². The Morgan fingerprint density at radius 2 is 2.00 bits per heavy atom. The van der Waals surface area contributed by atoms with Gasteiger partial charge in [-0.25, -0.2) is 4.79 Å². The monoisotopic (exact) mass is 390 g/mol. The van der Waals surface area contributed by atoms with E-state index in [0.29, 0.717) is 5.56 Å². The van der Waals surface area contributed by atoms with Crippen LogP contribution in [0.5, 0.6) is 0 Å². The van der Waals surface area contributed by atoms with Crippen molar-refractivity contribution in [3.63, 3.8) is 0 Å². The Hall–Kier alpha value is -0.390. The summed E-state index contributed by atoms with van der Waals surface area (Å²) >= 11 is 7.14. The van der Waals surface area contributed by atoms with Gasteiger partial charge in [-0.15, -0.1) is 0 Å². The summed E-state index contributed by atoms with van der Waals surface area (Å²) < 4.78 is 10.7. The van der Waals surface area contributed by atoms with Crippen molar-refractivity contribution in [1.29, 1.82) is 0 Å². The molecule has 0 aliphatic carbocycles. The highest BCUT2D eigenvalue weighted by atomic mass is 79.9. The fourth-order valence-electron chi connectivity index (χ4n) is 2.13. The molecule has 1 aliphatic heterocycles. The lowest BCUT2D eigenvalue weighted by atomic mass is 10.0. The van der Waals surface area contributed by atoms with E-state index in [2.05, 4.69) is 45.7 Å². The molecule has 0 amide bonds. The first-order chi connectivity index (χ1) is 8.96. The molecule has 1 aromatic carbocycles. The molecule has 104 valence electrons. The van der Waals surface area contributed by atoms with Gasteiger partial charge in [0.2, 0.25) is 6.29 Å². The Morgan fingerprint density at radius 3 is 2.53 bits per heavy atom. The van der Waals surface area contributed by atoms with E-state index in [1.165, 1.54) is 0 Å². The number of halogens is 2. The number of ether oxygens (including phenoxy) is 2. The number of rotatable bonds is 3. The highest BCUT2D eigenvalue weighted by Gasteiger charge is 2.53. The third-order valence-corrected chi connectivity index (χ3v) is 5.60. The van der Waals surface area contributed by atoms with Crippen LogP contribution in [0.15, 0.2) is 30.3 Å². The molecule has 3 atom stereocenters. The number of hydrogen-bond donors (Lipinski definition) is 0. The molecule has 1 aromatic rings. The minimum absolute atomic E-state index is 0.0623. The quantitative estimate of drug-likeness (QED) is 0.574. The van der Waals surface area contributed by atoms with Crippen LogP contribution in [0, 0.1) is 5.92 Å². The molecule has 1 aliphatic rings. The summed E-state index contributed by atoms with van der Waals surface area (Å²) in [6.45, 7) is 4.12. The summed E-state index contributed by atoms with van der Waals surface area (Å²) in [7, 11) is 0. The first kappa shape index (κ1) is 15.0. The summed E-state index contributed by atoms with van der Waals surface area (Å²) in [6, 6.07) is 8.92. The zero-order valence-corrected chi connectivity index (χ0v) is 14.0. The van der Waals surface area contributed by atoms with E-state index in [4.69, 9.17) is 9.47 Å². The number of carbonyl (C=O) groups excluding carboxylic acids is 1. The number of alkyl halides is 2. The zero-order valence-electron chi connectivity index (χ0n) is 10.8. The van der Waals surface area contributed by atoms with Gasteiger partial charge in [0.15, 0.2) is 0 Å². The van der Waals surface area contributed by atoms with Gasteiger partial charge < -0.3 is 9.47 Å². The van der Waals surface area contributed by atoms with Gasteiger partial charge in [-0.1, -0.05) is 63.9 Å². The normalized spacial score (nSPS) is 29.2. The second kappa shape index (κ2) is 5.94. The second-order valence-corrected chi connectivity index (χ2v) is 8.34. The predicted octanol–water partition coefficient (Wildman–Crippen LogP) is 4.10. The molecule has 1 unspecified atom stereocenters. The van der Waals surface area contributed by atoms with Gasteiger partial charge >= 0.3 is 5.97 Å². The van der Waals surface area contributed by atoms with Crippen molar-refractivity contribution < 1.29 is 14.3 Å². The Labute approximate surface area is 129 Å². The molecule has 1 fully saturated rings. The van der Waals surface area contributed by atoms with E-state index in [1.807, 2.05) is 6.07 Å². The van der Waals surface area contributed by atoms with Crippen LogP contribution >= 0.6 is 31.9 Å². The fraction of sp³-hybridized carbons (Fsp3) is 0.500. The molecular weight excluding hydrogens is 376 g/mol. The maximum atomic E-state index is 12.0. The van der Waals surface area contributed by atoms with Gasteiger partial charge in [-0.2, -0.15) is 0 Å². The van der Waals surface area contributed by atoms with E-state index in [9.17, 15) is 4.79 Å². The summed E-state index contributed by atoms with van der Waals surface area (Å²) in [5.41, 5.74) is 0.523. The largest absolute Gasteiger partial charge is 0.430 e. The third kappa shape index (κ3) is 3.03. The molecule has 2 rings (SSSR count). The number of benzene rings is 1. The topological polar surface area (TPSA) is 35.5 Å². The molecule has 19 heavy (non-hydrogen) atoms. The van der Waals surface area contributed by atoms with Crippen molar-refractivity contribution in [3.8, 4) is 0 Å². The van der Waals surface area contributed by atoms with Crippen molar-refractivity contribution in [1.82, 2.24) is 0 Å². The highest BCUT2D eigenvalue weighted by Crippen LogP contribution is 2.49. The van der Waals surface area contributed by atoms with Gasteiger partial charge in [0.25, 0.3) is 0 Å². The molecule has 0 saturated carbocycles. The Morgan fingerprint density at radius 1 is 1.37 bits per heavy atom. The maximum absolute atomic E-state index is 12.0. The van der Waals surface area contributed by atoms with Gasteiger partial charge in [0.05, 0.1) is 11.7 Å². The maximum Gasteiger partial charge on any atom is 0.340 e. The van der Waals surface area contributed by atoms with Crippen molar-refractivity contribution in [3.05, 3.63) is 35.9 Å². The van der Waals surface area contributed by atoms with Crippen LogP contribution in [0.4, 0.5) is 0 Å². The second-order valence-electron chi connectivity index (χ2n) is 4.65. The van der Waals surface area contributed by atoms with Crippen LogP contribution in [0.1, 0.15) is 30.6 Å². The molecule has 0 spiro atoms. The lowest BCUT2D eigenvalue weighted by Gasteiger charge is -2.24. The molecule has 1 saturated heterocycles. The Bertz CT molecular complexity index is 447. The van der Waals surface area contributed by atoms with Crippen LogP contribution in [-0.4, -0.2) is 21.6 Å². The van der Waals surface area contributed by atoms with Crippen LogP contribution in [0.2, 0.25) is 0 Å². The number of hydrogen-bond acceptors (Lipinski definition) is 3. The minimum atomic E-state index is -0.639. The van der Waals surface area contributed by atoms with Crippen molar-refractivity contribution in [2.24, 2.45) is 5.92 Å². The summed E-state index contributed by atoms with van der Waals surface area (Å²) in [5, 5.41) is 0. The smallest absolute Gasteiger partial charge is 0.340 e. The van der Waals surface area contributed by atoms with E-state index < -0.39 is 9.52 Å². The standard InChI is InChI=1S/C14H16Br2O3/c1-3-11-9(2)14(15,16)13(18-11)19-12(17)10-7-5-4-6-8-10/h4-9,11,13H,3H2,1-2H3/t9-,11-,13?/m1/s1. The van der Waals surface area contributed by atoms with Crippen LogP contribution < -0.4 is 0 Å². The van der Waals surface area contributed by atoms with Gasteiger partial charge in [0, 0.05) is 5.92 Å². The number of carbonyl (C=O) groups is 1.